The number of nitrogens with zero attached hydrogens (tertiary/aromatic N) is 2. The summed E-state index contributed by atoms with van der Waals surface area (Å²) >= 11 is 0. The van der Waals surface area contributed by atoms with Crippen molar-refractivity contribution in [3.05, 3.63) is 0 Å². The molecule has 0 radical (unpaired) electrons. The van der Waals surface area contributed by atoms with Gasteiger partial charge in [0, 0.05) is 25.2 Å². The summed E-state index contributed by atoms with van der Waals surface area (Å²) in [7, 11) is 6.22. The first-order valence-electron chi connectivity index (χ1n) is 7.13. The van der Waals surface area contributed by atoms with Gasteiger partial charge in [0.2, 0.25) is 0 Å². The Kier molecular flexibility index (Phi) is 5.77. The molecule has 2 N–H and O–H groups in total. The number of carbonyl (C=O) groups is 1. The molecule has 1 aliphatic rings. The molecule has 112 valence electrons. The molecule has 5 heteroatoms. The number of nitrogens with one attached hydrogen (secondary N) is 1. The molecule has 1 fully saturated rings. The highest BCUT2D eigenvalue weighted by Gasteiger charge is 2.46. The standard InChI is InChI=1S/C14H29N3O2/c1-11(2)15-14(13(18)19)7-6-12(10-14)17(5)9-8-16(3)4/h11-12,15H,6-10H2,1-5H3,(H,18,19). The van der Waals surface area contributed by atoms with Crippen LogP contribution in [0.15, 0.2) is 0 Å². The van der Waals surface area contributed by atoms with Gasteiger partial charge in [0.15, 0.2) is 0 Å². The molecule has 0 aromatic rings. The average Bonchev–Trinajstić information content (AvgIpc) is 2.70. The summed E-state index contributed by atoms with van der Waals surface area (Å²) in [6.45, 7) is 6.00. The first-order chi connectivity index (χ1) is 8.77. The van der Waals surface area contributed by atoms with E-state index in [2.05, 4.69) is 36.3 Å². The van der Waals surface area contributed by atoms with Gasteiger partial charge in [0.25, 0.3) is 0 Å². The van der Waals surface area contributed by atoms with Crippen LogP contribution >= 0.6 is 0 Å². The van der Waals surface area contributed by atoms with Gasteiger partial charge in [-0.3, -0.25) is 10.1 Å². The van der Waals surface area contributed by atoms with E-state index in [0.717, 1.165) is 25.9 Å². The molecule has 19 heavy (non-hydrogen) atoms. The second-order valence-corrected chi connectivity index (χ2v) is 6.37. The number of rotatable bonds is 7. The fourth-order valence-corrected chi connectivity index (χ4v) is 2.88. The van der Waals surface area contributed by atoms with E-state index in [0.29, 0.717) is 12.5 Å². The zero-order chi connectivity index (χ0) is 14.6. The summed E-state index contributed by atoms with van der Waals surface area (Å²) in [6.07, 6.45) is 2.37. The van der Waals surface area contributed by atoms with Crippen molar-refractivity contribution >= 4 is 5.97 Å². The van der Waals surface area contributed by atoms with Crippen molar-refractivity contribution in [2.45, 2.75) is 50.7 Å². The summed E-state index contributed by atoms with van der Waals surface area (Å²) < 4.78 is 0. The molecule has 2 unspecified atom stereocenters. The molecule has 2 atom stereocenters. The first kappa shape index (κ1) is 16.4. The smallest absolute Gasteiger partial charge is 0.323 e. The van der Waals surface area contributed by atoms with Crippen LogP contribution in [0.1, 0.15) is 33.1 Å². The van der Waals surface area contributed by atoms with Gasteiger partial charge in [-0.15, -0.1) is 0 Å². The van der Waals surface area contributed by atoms with E-state index in [4.69, 9.17) is 0 Å². The Morgan fingerprint density at radius 1 is 1.37 bits per heavy atom. The third-order valence-electron chi connectivity index (χ3n) is 3.99. The Labute approximate surface area is 117 Å². The van der Waals surface area contributed by atoms with E-state index in [-0.39, 0.29) is 6.04 Å². The molecule has 0 heterocycles. The largest absolute Gasteiger partial charge is 0.480 e. The van der Waals surface area contributed by atoms with Gasteiger partial charge < -0.3 is 14.9 Å². The predicted octanol–water partition coefficient (Wildman–Crippen LogP) is 0.854. The number of likely N-dealkylation sites (N-methyl/N-ethyl adjacent to an activating group) is 2. The molecule has 0 amide bonds. The first-order valence-corrected chi connectivity index (χ1v) is 7.13. The highest BCUT2D eigenvalue weighted by molar-refractivity contribution is 5.79. The van der Waals surface area contributed by atoms with Crippen LogP contribution in [0.5, 0.6) is 0 Å². The molecule has 0 aliphatic heterocycles. The van der Waals surface area contributed by atoms with Gasteiger partial charge in [0.05, 0.1) is 0 Å². The summed E-state index contributed by atoms with van der Waals surface area (Å²) in [6, 6.07) is 0.559. The van der Waals surface area contributed by atoms with Crippen molar-refractivity contribution in [1.29, 1.82) is 0 Å². The molecule has 1 saturated carbocycles. The Morgan fingerprint density at radius 3 is 2.47 bits per heavy atom. The predicted molar refractivity (Wildman–Crippen MR) is 77.5 cm³/mol. The van der Waals surface area contributed by atoms with Crippen LogP contribution in [-0.2, 0) is 4.79 Å². The van der Waals surface area contributed by atoms with Crippen molar-refractivity contribution in [3.63, 3.8) is 0 Å². The van der Waals surface area contributed by atoms with Crippen LogP contribution in [0.3, 0.4) is 0 Å². The van der Waals surface area contributed by atoms with E-state index in [1.165, 1.54) is 0 Å². The third-order valence-corrected chi connectivity index (χ3v) is 3.99. The number of aliphatic carboxylic acids is 1. The van der Waals surface area contributed by atoms with Crippen LogP contribution in [0.25, 0.3) is 0 Å². The summed E-state index contributed by atoms with van der Waals surface area (Å²) in [5.74, 6) is -0.704. The van der Waals surface area contributed by atoms with Crippen LogP contribution in [-0.4, -0.2) is 72.7 Å². The Balaban J connectivity index is 2.60. The zero-order valence-corrected chi connectivity index (χ0v) is 12.9. The Bertz CT molecular complexity index is 307. The minimum absolute atomic E-state index is 0.196. The molecule has 0 spiro atoms. The van der Waals surface area contributed by atoms with Crippen molar-refractivity contribution in [3.8, 4) is 0 Å². The lowest BCUT2D eigenvalue weighted by molar-refractivity contribution is -0.145. The Hall–Kier alpha value is -0.650. The molecule has 0 saturated heterocycles. The highest BCUT2D eigenvalue weighted by Crippen LogP contribution is 2.33. The molecule has 0 aromatic heterocycles. The van der Waals surface area contributed by atoms with E-state index in [9.17, 15) is 9.90 Å². The van der Waals surface area contributed by atoms with Crippen molar-refractivity contribution in [2.75, 3.05) is 34.2 Å². The van der Waals surface area contributed by atoms with E-state index >= 15 is 0 Å². The maximum atomic E-state index is 11.6. The number of carboxylic acids is 1. The number of carboxylic acid groups (broad SMARTS) is 1. The maximum Gasteiger partial charge on any atom is 0.323 e. The van der Waals surface area contributed by atoms with E-state index in [1.807, 2.05) is 13.8 Å². The van der Waals surface area contributed by atoms with E-state index in [1.54, 1.807) is 0 Å². The zero-order valence-electron chi connectivity index (χ0n) is 12.9. The average molecular weight is 271 g/mol. The van der Waals surface area contributed by atoms with Crippen molar-refractivity contribution in [2.24, 2.45) is 0 Å². The molecule has 1 aliphatic carbocycles. The lowest BCUT2D eigenvalue weighted by Gasteiger charge is -2.30. The SMILES string of the molecule is CC(C)NC1(C(=O)O)CCC(N(C)CCN(C)C)C1. The number of hydrogen-bond donors (Lipinski definition) is 2. The van der Waals surface area contributed by atoms with Crippen LogP contribution in [0, 0.1) is 0 Å². The monoisotopic (exact) mass is 271 g/mol. The van der Waals surface area contributed by atoms with Crippen molar-refractivity contribution < 1.29 is 9.90 Å². The summed E-state index contributed by atoms with van der Waals surface area (Å²) in [4.78, 5) is 16.1. The lowest BCUT2D eigenvalue weighted by atomic mass is 9.96. The minimum atomic E-state index is -0.731. The maximum absolute atomic E-state index is 11.6. The van der Waals surface area contributed by atoms with Gasteiger partial charge in [-0.05, 0) is 54.3 Å². The quantitative estimate of drug-likeness (QED) is 0.719. The van der Waals surface area contributed by atoms with Gasteiger partial charge in [-0.2, -0.15) is 0 Å². The molecule has 1 rings (SSSR count). The van der Waals surface area contributed by atoms with Crippen LogP contribution in [0.2, 0.25) is 0 Å². The van der Waals surface area contributed by atoms with Gasteiger partial charge in [-0.25, -0.2) is 0 Å². The fraction of sp³-hybridized carbons (Fsp3) is 0.929. The molecular weight excluding hydrogens is 242 g/mol. The van der Waals surface area contributed by atoms with E-state index < -0.39 is 11.5 Å². The Morgan fingerprint density at radius 2 is 2.00 bits per heavy atom. The van der Waals surface area contributed by atoms with Crippen molar-refractivity contribution in [1.82, 2.24) is 15.1 Å². The van der Waals surface area contributed by atoms with Gasteiger partial charge in [0.1, 0.15) is 5.54 Å². The highest BCUT2D eigenvalue weighted by atomic mass is 16.4. The molecule has 0 aromatic carbocycles. The normalized spacial score (nSPS) is 27.7. The summed E-state index contributed by atoms with van der Waals surface area (Å²) in [5, 5.41) is 12.8. The fourth-order valence-electron chi connectivity index (χ4n) is 2.88. The third kappa shape index (κ3) is 4.44. The molecular formula is C14H29N3O2. The van der Waals surface area contributed by atoms with Crippen LogP contribution < -0.4 is 5.32 Å². The second kappa shape index (κ2) is 6.68. The molecule has 5 nitrogen and oxygen atoms in total. The lowest BCUT2D eigenvalue weighted by Crippen LogP contribution is -2.53. The van der Waals surface area contributed by atoms with Gasteiger partial charge in [-0.1, -0.05) is 0 Å². The van der Waals surface area contributed by atoms with Crippen LogP contribution in [0.4, 0.5) is 0 Å². The summed E-state index contributed by atoms with van der Waals surface area (Å²) in [5.41, 5.74) is -0.731. The molecule has 0 bridgehead atoms. The minimum Gasteiger partial charge on any atom is -0.480 e. The topological polar surface area (TPSA) is 55.8 Å². The van der Waals surface area contributed by atoms with Gasteiger partial charge >= 0.3 is 5.97 Å². The number of hydrogen-bond acceptors (Lipinski definition) is 4. The second-order valence-electron chi connectivity index (χ2n) is 6.37.